The second-order valence-corrected chi connectivity index (χ2v) is 4.45. The van der Waals surface area contributed by atoms with E-state index in [2.05, 4.69) is 15.6 Å². The van der Waals surface area contributed by atoms with Crippen LogP contribution >= 0.6 is 0 Å². The first-order valence-corrected chi connectivity index (χ1v) is 6.29. The maximum absolute atomic E-state index is 11.9. The Hall–Kier alpha value is -1.62. The van der Waals surface area contributed by atoms with E-state index in [4.69, 9.17) is 4.74 Å². The summed E-state index contributed by atoms with van der Waals surface area (Å²) in [7, 11) is 1.80. The highest BCUT2D eigenvalue weighted by Crippen LogP contribution is 2.13. The van der Waals surface area contributed by atoms with E-state index in [9.17, 15) is 4.79 Å². The van der Waals surface area contributed by atoms with Crippen molar-refractivity contribution in [3.63, 3.8) is 0 Å². The summed E-state index contributed by atoms with van der Waals surface area (Å²) in [5.41, 5.74) is 0.598. The average molecular weight is 249 g/mol. The van der Waals surface area contributed by atoms with Crippen LogP contribution in [-0.2, 0) is 4.74 Å². The lowest BCUT2D eigenvalue weighted by Gasteiger charge is -2.22. The molecule has 2 rings (SSSR count). The van der Waals surface area contributed by atoms with Crippen molar-refractivity contribution in [3.05, 3.63) is 23.9 Å². The molecular formula is C13H19N3O2. The van der Waals surface area contributed by atoms with Crippen LogP contribution in [0.5, 0.6) is 0 Å². The molecule has 5 nitrogen and oxygen atoms in total. The standard InChI is InChI=1S/C13H19N3O2/c1-14-12-3-2-11(9-15-12)13(17)16-8-10-4-6-18-7-5-10/h2-3,9-10H,4-8H2,1H3,(H,14,15)(H,16,17). The first-order chi connectivity index (χ1) is 8.79. The molecule has 0 aromatic carbocycles. The van der Waals surface area contributed by atoms with E-state index in [1.807, 2.05) is 0 Å². The summed E-state index contributed by atoms with van der Waals surface area (Å²) in [6.45, 7) is 2.33. The number of pyridine rings is 1. The van der Waals surface area contributed by atoms with Crippen LogP contribution in [0.3, 0.4) is 0 Å². The third-order valence-electron chi connectivity index (χ3n) is 3.17. The number of amides is 1. The number of nitrogens with one attached hydrogen (secondary N) is 2. The zero-order valence-corrected chi connectivity index (χ0v) is 10.6. The minimum atomic E-state index is -0.0587. The summed E-state index contributed by atoms with van der Waals surface area (Å²) < 4.78 is 5.29. The van der Waals surface area contributed by atoms with Crippen molar-refractivity contribution < 1.29 is 9.53 Å². The number of anilines is 1. The highest BCUT2D eigenvalue weighted by atomic mass is 16.5. The number of aromatic nitrogens is 1. The van der Waals surface area contributed by atoms with Crippen LogP contribution in [-0.4, -0.2) is 37.7 Å². The van der Waals surface area contributed by atoms with Crippen LogP contribution in [0.25, 0.3) is 0 Å². The predicted molar refractivity (Wildman–Crippen MR) is 69.7 cm³/mol. The molecule has 2 N–H and O–H groups in total. The number of carbonyl (C=O) groups is 1. The van der Waals surface area contributed by atoms with E-state index in [0.717, 1.165) is 38.4 Å². The SMILES string of the molecule is CNc1ccc(C(=O)NCC2CCOCC2)cn1. The highest BCUT2D eigenvalue weighted by molar-refractivity contribution is 5.94. The van der Waals surface area contributed by atoms with E-state index in [-0.39, 0.29) is 5.91 Å². The minimum Gasteiger partial charge on any atom is -0.381 e. The smallest absolute Gasteiger partial charge is 0.252 e. The zero-order valence-electron chi connectivity index (χ0n) is 10.6. The molecular weight excluding hydrogens is 230 g/mol. The van der Waals surface area contributed by atoms with Crippen LogP contribution in [0.4, 0.5) is 5.82 Å². The molecule has 0 spiro atoms. The van der Waals surface area contributed by atoms with Crippen LogP contribution < -0.4 is 10.6 Å². The van der Waals surface area contributed by atoms with Gasteiger partial charge < -0.3 is 15.4 Å². The molecule has 1 aliphatic rings. The van der Waals surface area contributed by atoms with Crippen LogP contribution in [0, 0.1) is 5.92 Å². The van der Waals surface area contributed by atoms with Gasteiger partial charge in [-0.3, -0.25) is 4.79 Å². The Morgan fingerprint density at radius 2 is 2.22 bits per heavy atom. The summed E-state index contributed by atoms with van der Waals surface area (Å²) in [5.74, 6) is 1.24. The predicted octanol–water partition coefficient (Wildman–Crippen LogP) is 1.28. The molecule has 0 radical (unpaired) electrons. The summed E-state index contributed by atoms with van der Waals surface area (Å²) in [6, 6.07) is 3.57. The normalized spacial score (nSPS) is 16.3. The lowest BCUT2D eigenvalue weighted by Crippen LogP contribution is -2.32. The van der Waals surface area contributed by atoms with Crippen molar-refractivity contribution in [1.82, 2.24) is 10.3 Å². The number of hydrogen-bond donors (Lipinski definition) is 2. The van der Waals surface area contributed by atoms with Gasteiger partial charge in [0.05, 0.1) is 5.56 Å². The van der Waals surface area contributed by atoms with Gasteiger partial charge >= 0.3 is 0 Å². The first-order valence-electron chi connectivity index (χ1n) is 6.29. The molecule has 2 heterocycles. The summed E-state index contributed by atoms with van der Waals surface area (Å²) in [6.07, 6.45) is 3.64. The van der Waals surface area contributed by atoms with Gasteiger partial charge in [-0.05, 0) is 30.9 Å². The lowest BCUT2D eigenvalue weighted by atomic mass is 10.0. The number of rotatable bonds is 4. The van der Waals surface area contributed by atoms with Crippen molar-refractivity contribution in [2.24, 2.45) is 5.92 Å². The maximum Gasteiger partial charge on any atom is 0.252 e. The molecule has 0 saturated carbocycles. The second-order valence-electron chi connectivity index (χ2n) is 4.45. The fraction of sp³-hybridized carbons (Fsp3) is 0.538. The van der Waals surface area contributed by atoms with Crippen molar-refractivity contribution >= 4 is 11.7 Å². The Kier molecular flexibility index (Phi) is 4.52. The van der Waals surface area contributed by atoms with Gasteiger partial charge in [-0.1, -0.05) is 0 Å². The number of carbonyl (C=O) groups excluding carboxylic acids is 1. The Bertz CT molecular complexity index is 386. The number of nitrogens with zero attached hydrogens (tertiary/aromatic N) is 1. The van der Waals surface area contributed by atoms with Crippen LogP contribution in [0.1, 0.15) is 23.2 Å². The van der Waals surface area contributed by atoms with E-state index >= 15 is 0 Å². The summed E-state index contributed by atoms with van der Waals surface area (Å²) in [5, 5.41) is 5.87. The lowest BCUT2D eigenvalue weighted by molar-refractivity contribution is 0.0642. The molecule has 1 aromatic rings. The van der Waals surface area contributed by atoms with Gasteiger partial charge in [0, 0.05) is 33.0 Å². The molecule has 0 bridgehead atoms. The second kappa shape index (κ2) is 6.35. The minimum absolute atomic E-state index is 0.0587. The number of ether oxygens (including phenoxy) is 1. The van der Waals surface area contributed by atoms with Gasteiger partial charge in [0.2, 0.25) is 0 Å². The third-order valence-corrected chi connectivity index (χ3v) is 3.17. The van der Waals surface area contributed by atoms with Crippen molar-refractivity contribution in [1.29, 1.82) is 0 Å². The molecule has 18 heavy (non-hydrogen) atoms. The molecule has 0 atom stereocenters. The fourth-order valence-electron chi connectivity index (χ4n) is 1.97. The van der Waals surface area contributed by atoms with E-state index in [0.29, 0.717) is 11.5 Å². The summed E-state index contributed by atoms with van der Waals surface area (Å²) in [4.78, 5) is 16.0. The Balaban J connectivity index is 1.82. The van der Waals surface area contributed by atoms with Gasteiger partial charge in [-0.15, -0.1) is 0 Å². The van der Waals surface area contributed by atoms with Gasteiger partial charge in [0.1, 0.15) is 5.82 Å². The molecule has 1 aliphatic heterocycles. The van der Waals surface area contributed by atoms with E-state index in [1.165, 1.54) is 0 Å². The Morgan fingerprint density at radius 1 is 1.44 bits per heavy atom. The van der Waals surface area contributed by atoms with Crippen molar-refractivity contribution in [2.45, 2.75) is 12.8 Å². The summed E-state index contributed by atoms with van der Waals surface area (Å²) >= 11 is 0. The maximum atomic E-state index is 11.9. The van der Waals surface area contributed by atoms with Crippen molar-refractivity contribution in [2.75, 3.05) is 32.1 Å². The molecule has 1 fully saturated rings. The molecule has 5 heteroatoms. The first kappa shape index (κ1) is 12.8. The van der Waals surface area contributed by atoms with Crippen LogP contribution in [0.2, 0.25) is 0 Å². The highest BCUT2D eigenvalue weighted by Gasteiger charge is 2.15. The van der Waals surface area contributed by atoms with E-state index < -0.39 is 0 Å². The number of hydrogen-bond acceptors (Lipinski definition) is 4. The topological polar surface area (TPSA) is 63.2 Å². The molecule has 1 aromatic heterocycles. The zero-order chi connectivity index (χ0) is 12.8. The molecule has 1 amide bonds. The van der Waals surface area contributed by atoms with E-state index in [1.54, 1.807) is 25.4 Å². The Labute approximate surface area is 107 Å². The third kappa shape index (κ3) is 3.43. The molecule has 1 saturated heterocycles. The van der Waals surface area contributed by atoms with Gasteiger partial charge in [-0.2, -0.15) is 0 Å². The average Bonchev–Trinajstić information content (AvgIpc) is 2.46. The molecule has 0 unspecified atom stereocenters. The Morgan fingerprint density at radius 3 is 2.83 bits per heavy atom. The quantitative estimate of drug-likeness (QED) is 0.843. The molecule has 0 aliphatic carbocycles. The van der Waals surface area contributed by atoms with Gasteiger partial charge in [0.25, 0.3) is 5.91 Å². The van der Waals surface area contributed by atoms with Gasteiger partial charge in [-0.25, -0.2) is 4.98 Å². The fourth-order valence-corrected chi connectivity index (χ4v) is 1.97. The monoisotopic (exact) mass is 249 g/mol. The largest absolute Gasteiger partial charge is 0.381 e. The molecule has 98 valence electrons. The van der Waals surface area contributed by atoms with Crippen LogP contribution in [0.15, 0.2) is 18.3 Å². The van der Waals surface area contributed by atoms with Gasteiger partial charge in [0.15, 0.2) is 0 Å². The van der Waals surface area contributed by atoms with Crippen molar-refractivity contribution in [3.8, 4) is 0 Å².